The van der Waals surface area contributed by atoms with Crippen LogP contribution < -0.4 is 0 Å². The summed E-state index contributed by atoms with van der Waals surface area (Å²) in [4.78, 5) is 0. The van der Waals surface area contributed by atoms with Gasteiger partial charge in [0.25, 0.3) is 0 Å². The summed E-state index contributed by atoms with van der Waals surface area (Å²) in [6.07, 6.45) is 5.13. The molecule has 0 radical (unpaired) electrons. The Morgan fingerprint density at radius 1 is 1.00 bits per heavy atom. The topological polar surface area (TPSA) is 69.9 Å². The van der Waals surface area contributed by atoms with Crippen LogP contribution in [0.15, 0.2) is 0 Å². The minimum Gasteiger partial charge on any atom is -0.388 e. The highest BCUT2D eigenvalue weighted by molar-refractivity contribution is 4.88. The molecular formula is C15H30O4. The fourth-order valence-electron chi connectivity index (χ4n) is 2.74. The zero-order valence-corrected chi connectivity index (χ0v) is 12.3. The number of unbranched alkanes of at least 4 members (excludes halogenated alkanes) is 5. The first kappa shape index (κ1) is 16.9. The number of ether oxygens (including phenoxy) is 1. The highest BCUT2D eigenvalue weighted by atomic mass is 16.5. The van der Waals surface area contributed by atoms with Crippen LogP contribution in [-0.4, -0.2) is 46.3 Å². The molecule has 0 aromatic rings. The first-order chi connectivity index (χ1) is 9.07. The van der Waals surface area contributed by atoms with E-state index in [1.54, 1.807) is 0 Å². The molecule has 0 amide bonds. The molecule has 0 aromatic heterocycles. The van der Waals surface area contributed by atoms with Gasteiger partial charge in [0.2, 0.25) is 0 Å². The predicted molar refractivity (Wildman–Crippen MR) is 74.9 cm³/mol. The Morgan fingerprint density at radius 3 is 2.32 bits per heavy atom. The van der Waals surface area contributed by atoms with Gasteiger partial charge in [-0.25, -0.2) is 0 Å². The van der Waals surface area contributed by atoms with Gasteiger partial charge in [-0.3, -0.25) is 0 Å². The molecule has 3 N–H and O–H groups in total. The second-order valence-corrected chi connectivity index (χ2v) is 5.88. The molecule has 0 saturated carbocycles. The minimum absolute atomic E-state index is 0.115. The maximum atomic E-state index is 9.92. The van der Waals surface area contributed by atoms with Gasteiger partial charge in [-0.2, -0.15) is 0 Å². The van der Waals surface area contributed by atoms with E-state index in [4.69, 9.17) is 4.74 Å². The molecule has 0 aliphatic carbocycles. The van der Waals surface area contributed by atoms with Crippen LogP contribution in [0, 0.1) is 5.92 Å². The maximum absolute atomic E-state index is 9.92. The zero-order valence-electron chi connectivity index (χ0n) is 12.3. The van der Waals surface area contributed by atoms with E-state index in [0.717, 1.165) is 12.8 Å². The summed E-state index contributed by atoms with van der Waals surface area (Å²) in [5, 5.41) is 29.0. The Kier molecular flexibility index (Phi) is 7.91. The van der Waals surface area contributed by atoms with Crippen molar-refractivity contribution in [2.75, 3.05) is 6.61 Å². The normalized spacial score (nSPS) is 33.3. The van der Waals surface area contributed by atoms with Gasteiger partial charge >= 0.3 is 0 Å². The van der Waals surface area contributed by atoms with Crippen molar-refractivity contribution in [2.24, 2.45) is 5.92 Å². The molecular weight excluding hydrogens is 244 g/mol. The average Bonchev–Trinajstić information content (AvgIpc) is 2.40. The lowest BCUT2D eigenvalue weighted by Gasteiger charge is -2.38. The number of hydrogen-bond donors (Lipinski definition) is 3. The molecule has 1 fully saturated rings. The van der Waals surface area contributed by atoms with Crippen LogP contribution in [0.1, 0.15) is 58.8 Å². The van der Waals surface area contributed by atoms with Crippen molar-refractivity contribution in [3.63, 3.8) is 0 Å². The molecule has 0 bridgehead atoms. The summed E-state index contributed by atoms with van der Waals surface area (Å²) in [7, 11) is 0. The largest absolute Gasteiger partial charge is 0.388 e. The monoisotopic (exact) mass is 274 g/mol. The quantitative estimate of drug-likeness (QED) is 0.591. The molecule has 1 heterocycles. The van der Waals surface area contributed by atoms with Crippen molar-refractivity contribution in [1.82, 2.24) is 0 Å². The third-order valence-electron chi connectivity index (χ3n) is 4.11. The molecule has 19 heavy (non-hydrogen) atoms. The summed E-state index contributed by atoms with van der Waals surface area (Å²) in [5.41, 5.74) is 0. The van der Waals surface area contributed by atoms with Gasteiger partial charge in [0.05, 0.1) is 12.7 Å². The molecule has 4 heteroatoms. The molecule has 2 unspecified atom stereocenters. The van der Waals surface area contributed by atoms with Crippen LogP contribution >= 0.6 is 0 Å². The number of aliphatic hydroxyl groups is 3. The highest BCUT2D eigenvalue weighted by Gasteiger charge is 2.39. The Labute approximate surface area is 116 Å². The SMILES string of the molecule is CCCCCCCCC(C)C1OC[C@@H](O)[C@H](O)[C@H]1O. The average molecular weight is 274 g/mol. The summed E-state index contributed by atoms with van der Waals surface area (Å²) in [6.45, 7) is 4.37. The molecule has 1 aliphatic rings. The summed E-state index contributed by atoms with van der Waals surface area (Å²) >= 11 is 0. The number of rotatable bonds is 8. The lowest BCUT2D eigenvalue weighted by atomic mass is 9.88. The van der Waals surface area contributed by atoms with E-state index >= 15 is 0 Å². The van der Waals surface area contributed by atoms with Gasteiger partial charge in [-0.15, -0.1) is 0 Å². The van der Waals surface area contributed by atoms with Crippen LogP contribution in [-0.2, 0) is 4.74 Å². The number of aliphatic hydroxyl groups excluding tert-OH is 3. The zero-order chi connectivity index (χ0) is 14.3. The lowest BCUT2D eigenvalue weighted by molar-refractivity contribution is -0.199. The smallest absolute Gasteiger partial charge is 0.111 e. The van der Waals surface area contributed by atoms with E-state index in [1.165, 1.54) is 32.1 Å². The van der Waals surface area contributed by atoms with Crippen LogP contribution in [0.3, 0.4) is 0 Å². The lowest BCUT2D eigenvalue weighted by Crippen LogP contribution is -2.54. The molecule has 0 spiro atoms. The third kappa shape index (κ3) is 5.38. The van der Waals surface area contributed by atoms with E-state index in [2.05, 4.69) is 6.92 Å². The van der Waals surface area contributed by atoms with Crippen LogP contribution in [0.25, 0.3) is 0 Å². The first-order valence-corrected chi connectivity index (χ1v) is 7.73. The van der Waals surface area contributed by atoms with Crippen molar-refractivity contribution in [2.45, 2.75) is 83.2 Å². The third-order valence-corrected chi connectivity index (χ3v) is 4.11. The fourth-order valence-corrected chi connectivity index (χ4v) is 2.74. The fraction of sp³-hybridized carbons (Fsp3) is 1.00. The van der Waals surface area contributed by atoms with E-state index in [1.807, 2.05) is 6.92 Å². The predicted octanol–water partition coefficient (Wildman–Crippen LogP) is 1.85. The molecule has 1 rings (SSSR count). The van der Waals surface area contributed by atoms with Gasteiger partial charge in [0.15, 0.2) is 0 Å². The van der Waals surface area contributed by atoms with Gasteiger partial charge in [0, 0.05) is 0 Å². The van der Waals surface area contributed by atoms with Gasteiger partial charge < -0.3 is 20.1 Å². The van der Waals surface area contributed by atoms with Crippen LogP contribution in [0.4, 0.5) is 0 Å². The van der Waals surface area contributed by atoms with Crippen molar-refractivity contribution >= 4 is 0 Å². The van der Waals surface area contributed by atoms with Crippen molar-refractivity contribution < 1.29 is 20.1 Å². The van der Waals surface area contributed by atoms with Crippen molar-refractivity contribution in [1.29, 1.82) is 0 Å². The second-order valence-electron chi connectivity index (χ2n) is 5.88. The van der Waals surface area contributed by atoms with E-state index < -0.39 is 18.3 Å². The molecule has 114 valence electrons. The minimum atomic E-state index is -1.08. The van der Waals surface area contributed by atoms with E-state index in [-0.39, 0.29) is 18.6 Å². The Balaban J connectivity index is 2.20. The Bertz CT molecular complexity index is 234. The van der Waals surface area contributed by atoms with Gasteiger partial charge in [0.1, 0.15) is 18.3 Å². The van der Waals surface area contributed by atoms with Gasteiger partial charge in [-0.05, 0) is 12.3 Å². The molecule has 5 atom stereocenters. The van der Waals surface area contributed by atoms with E-state index in [0.29, 0.717) is 0 Å². The molecule has 4 nitrogen and oxygen atoms in total. The summed E-state index contributed by atoms with van der Waals surface area (Å²) < 4.78 is 5.47. The number of hydrogen-bond acceptors (Lipinski definition) is 4. The summed E-state index contributed by atoms with van der Waals surface area (Å²) in [6, 6.07) is 0. The summed E-state index contributed by atoms with van der Waals surface area (Å²) in [5.74, 6) is 0.211. The Morgan fingerprint density at radius 2 is 1.63 bits per heavy atom. The highest BCUT2D eigenvalue weighted by Crippen LogP contribution is 2.25. The second kappa shape index (κ2) is 8.90. The standard InChI is InChI=1S/C15H30O4/c1-3-4-5-6-7-8-9-11(2)15-14(18)13(17)12(16)10-19-15/h11-18H,3-10H2,1-2H3/t11?,12-,13+,14-,15?/m1/s1. The van der Waals surface area contributed by atoms with Crippen LogP contribution in [0.5, 0.6) is 0 Å². The molecule has 0 aromatic carbocycles. The first-order valence-electron chi connectivity index (χ1n) is 7.73. The Hall–Kier alpha value is -0.160. The van der Waals surface area contributed by atoms with Crippen molar-refractivity contribution in [3.8, 4) is 0 Å². The molecule has 1 saturated heterocycles. The van der Waals surface area contributed by atoms with E-state index in [9.17, 15) is 15.3 Å². The maximum Gasteiger partial charge on any atom is 0.111 e. The van der Waals surface area contributed by atoms with Crippen molar-refractivity contribution in [3.05, 3.63) is 0 Å². The molecule has 1 aliphatic heterocycles. The van der Waals surface area contributed by atoms with Gasteiger partial charge in [-0.1, -0.05) is 52.4 Å². The van der Waals surface area contributed by atoms with Crippen LogP contribution in [0.2, 0.25) is 0 Å².